The van der Waals surface area contributed by atoms with Gasteiger partial charge in [-0.2, -0.15) is 0 Å². The molecule has 1 aliphatic rings. The van der Waals surface area contributed by atoms with Crippen LogP contribution < -0.4 is 10.1 Å². The van der Waals surface area contributed by atoms with Crippen molar-refractivity contribution in [3.8, 4) is 5.75 Å². The zero-order valence-electron chi connectivity index (χ0n) is 13.1. The van der Waals surface area contributed by atoms with Crippen molar-refractivity contribution in [2.24, 2.45) is 5.92 Å². The molecule has 0 amide bonds. The molecule has 0 heterocycles. The van der Waals surface area contributed by atoms with Crippen molar-refractivity contribution in [2.75, 3.05) is 21.3 Å². The maximum Gasteiger partial charge on any atom is 0.118 e. The minimum Gasteiger partial charge on any atom is -0.497 e. The molecule has 3 unspecified atom stereocenters. The van der Waals surface area contributed by atoms with Crippen molar-refractivity contribution in [1.82, 2.24) is 5.32 Å². The van der Waals surface area contributed by atoms with Crippen LogP contribution >= 0.6 is 0 Å². The molecule has 1 N–H and O–H groups in total. The molecule has 0 saturated heterocycles. The van der Waals surface area contributed by atoms with Crippen LogP contribution in [0.2, 0.25) is 0 Å². The van der Waals surface area contributed by atoms with Crippen LogP contribution in [0, 0.1) is 5.92 Å². The zero-order valence-corrected chi connectivity index (χ0v) is 13.1. The van der Waals surface area contributed by atoms with E-state index in [9.17, 15) is 0 Å². The maximum atomic E-state index is 6.02. The molecule has 1 saturated carbocycles. The summed E-state index contributed by atoms with van der Waals surface area (Å²) in [5, 5.41) is 3.47. The second-order valence-corrected chi connectivity index (χ2v) is 5.97. The number of ether oxygens (including phenoxy) is 2. The van der Waals surface area contributed by atoms with Gasteiger partial charge in [0.15, 0.2) is 0 Å². The van der Waals surface area contributed by atoms with Gasteiger partial charge in [0.2, 0.25) is 0 Å². The molecule has 112 valence electrons. The lowest BCUT2D eigenvalue weighted by atomic mass is 9.72. The van der Waals surface area contributed by atoms with Gasteiger partial charge in [-0.3, -0.25) is 0 Å². The fraction of sp³-hybridized carbons (Fsp3) is 0.647. The summed E-state index contributed by atoms with van der Waals surface area (Å²) >= 11 is 0. The van der Waals surface area contributed by atoms with Gasteiger partial charge in [0.05, 0.1) is 18.8 Å². The van der Waals surface area contributed by atoms with E-state index in [1.807, 2.05) is 26.3 Å². The minimum atomic E-state index is -0.0962. The quantitative estimate of drug-likeness (QED) is 0.893. The first kappa shape index (κ1) is 15.3. The number of nitrogens with one attached hydrogen (secondary N) is 1. The van der Waals surface area contributed by atoms with Gasteiger partial charge in [0.1, 0.15) is 5.75 Å². The topological polar surface area (TPSA) is 30.5 Å². The Kier molecular flexibility index (Phi) is 5.06. The van der Waals surface area contributed by atoms with Crippen LogP contribution in [0.1, 0.15) is 44.2 Å². The molecule has 3 atom stereocenters. The molecule has 1 fully saturated rings. The Hall–Kier alpha value is -1.06. The van der Waals surface area contributed by atoms with Crippen molar-refractivity contribution < 1.29 is 9.47 Å². The first-order chi connectivity index (χ1) is 9.65. The highest BCUT2D eigenvalue weighted by Crippen LogP contribution is 2.43. The molecule has 2 rings (SSSR count). The summed E-state index contributed by atoms with van der Waals surface area (Å²) in [4.78, 5) is 0. The van der Waals surface area contributed by atoms with E-state index >= 15 is 0 Å². The number of methoxy groups -OCH3 is 2. The third-order valence-corrected chi connectivity index (χ3v) is 4.66. The average Bonchev–Trinajstić information content (AvgIpc) is 2.48. The Morgan fingerprint density at radius 3 is 2.45 bits per heavy atom. The van der Waals surface area contributed by atoms with E-state index < -0.39 is 0 Å². The molecule has 0 aromatic heterocycles. The van der Waals surface area contributed by atoms with Crippen molar-refractivity contribution >= 4 is 0 Å². The van der Waals surface area contributed by atoms with Crippen molar-refractivity contribution in [3.05, 3.63) is 29.8 Å². The fourth-order valence-corrected chi connectivity index (χ4v) is 3.64. The number of hydrogen-bond donors (Lipinski definition) is 1. The van der Waals surface area contributed by atoms with E-state index in [0.717, 1.165) is 24.5 Å². The van der Waals surface area contributed by atoms with E-state index in [1.54, 1.807) is 7.11 Å². The van der Waals surface area contributed by atoms with E-state index in [0.29, 0.717) is 0 Å². The Morgan fingerprint density at radius 2 is 1.95 bits per heavy atom. The summed E-state index contributed by atoms with van der Waals surface area (Å²) in [5.41, 5.74) is 1.17. The van der Waals surface area contributed by atoms with Crippen molar-refractivity contribution in [1.29, 1.82) is 0 Å². The van der Waals surface area contributed by atoms with Crippen LogP contribution in [0.4, 0.5) is 0 Å². The molecule has 0 radical (unpaired) electrons. The lowest BCUT2D eigenvalue weighted by Gasteiger charge is -2.44. The highest BCUT2D eigenvalue weighted by atomic mass is 16.5. The Balaban J connectivity index is 2.28. The fourth-order valence-electron chi connectivity index (χ4n) is 3.64. The van der Waals surface area contributed by atoms with Gasteiger partial charge in [-0.05, 0) is 43.5 Å². The third-order valence-electron chi connectivity index (χ3n) is 4.66. The standard InChI is InChI=1S/C17H27NO2/c1-13-6-5-11-17(12-13,20-4)16(18-2)14-7-9-15(19-3)10-8-14/h7-10,13,16,18H,5-6,11-12H2,1-4H3. The summed E-state index contributed by atoms with van der Waals surface area (Å²) in [7, 11) is 5.57. The SMILES string of the molecule is CNC(c1ccc(OC)cc1)C1(OC)CCCC(C)C1. The third kappa shape index (κ3) is 2.99. The van der Waals surface area contributed by atoms with Crippen LogP contribution in [0.25, 0.3) is 0 Å². The molecule has 0 bridgehead atoms. The Morgan fingerprint density at radius 1 is 1.25 bits per heavy atom. The maximum absolute atomic E-state index is 6.02. The number of hydrogen-bond acceptors (Lipinski definition) is 3. The van der Waals surface area contributed by atoms with Crippen LogP contribution in [0.5, 0.6) is 5.75 Å². The first-order valence-corrected chi connectivity index (χ1v) is 7.51. The van der Waals surface area contributed by atoms with Gasteiger partial charge in [-0.15, -0.1) is 0 Å². The van der Waals surface area contributed by atoms with Crippen LogP contribution in [0.15, 0.2) is 24.3 Å². The van der Waals surface area contributed by atoms with Crippen molar-refractivity contribution in [2.45, 2.75) is 44.2 Å². The lowest BCUT2D eigenvalue weighted by Crippen LogP contribution is -2.47. The summed E-state index contributed by atoms with van der Waals surface area (Å²) in [6.07, 6.45) is 4.78. The van der Waals surface area contributed by atoms with Gasteiger partial charge in [-0.1, -0.05) is 31.9 Å². The van der Waals surface area contributed by atoms with Crippen molar-refractivity contribution in [3.63, 3.8) is 0 Å². The van der Waals surface area contributed by atoms with Gasteiger partial charge >= 0.3 is 0 Å². The molecule has 0 aliphatic heterocycles. The highest BCUT2D eigenvalue weighted by molar-refractivity contribution is 5.31. The molecule has 20 heavy (non-hydrogen) atoms. The largest absolute Gasteiger partial charge is 0.497 e. The molecule has 1 aromatic carbocycles. The predicted octanol–water partition coefficient (Wildman–Crippen LogP) is 3.55. The molecular weight excluding hydrogens is 250 g/mol. The van der Waals surface area contributed by atoms with E-state index in [1.165, 1.54) is 18.4 Å². The van der Waals surface area contributed by atoms with E-state index in [2.05, 4.69) is 24.4 Å². The Labute approximate surface area is 122 Å². The van der Waals surface area contributed by atoms with Gasteiger partial charge in [0.25, 0.3) is 0 Å². The zero-order chi connectivity index (χ0) is 14.6. The van der Waals surface area contributed by atoms with Gasteiger partial charge in [-0.25, -0.2) is 0 Å². The number of benzene rings is 1. The molecular formula is C17H27NO2. The van der Waals surface area contributed by atoms with Crippen LogP contribution in [-0.4, -0.2) is 26.9 Å². The second kappa shape index (κ2) is 6.59. The normalized spacial score (nSPS) is 28.1. The summed E-state index contributed by atoms with van der Waals surface area (Å²) in [6, 6.07) is 8.55. The molecule has 0 spiro atoms. The van der Waals surface area contributed by atoms with Gasteiger partial charge in [0, 0.05) is 7.11 Å². The monoisotopic (exact) mass is 277 g/mol. The van der Waals surface area contributed by atoms with Gasteiger partial charge < -0.3 is 14.8 Å². The van der Waals surface area contributed by atoms with E-state index in [-0.39, 0.29) is 11.6 Å². The highest BCUT2D eigenvalue weighted by Gasteiger charge is 2.42. The molecule has 1 aliphatic carbocycles. The molecule has 3 heteroatoms. The second-order valence-electron chi connectivity index (χ2n) is 5.97. The minimum absolute atomic E-state index is 0.0962. The lowest BCUT2D eigenvalue weighted by molar-refractivity contribution is -0.0790. The Bertz CT molecular complexity index is 418. The number of rotatable bonds is 5. The van der Waals surface area contributed by atoms with Crippen LogP contribution in [-0.2, 0) is 4.74 Å². The first-order valence-electron chi connectivity index (χ1n) is 7.51. The number of likely N-dealkylation sites (N-methyl/N-ethyl adjacent to an activating group) is 1. The average molecular weight is 277 g/mol. The summed E-state index contributed by atoms with van der Waals surface area (Å²) < 4.78 is 11.3. The smallest absolute Gasteiger partial charge is 0.118 e. The summed E-state index contributed by atoms with van der Waals surface area (Å²) in [5.74, 6) is 1.62. The summed E-state index contributed by atoms with van der Waals surface area (Å²) in [6.45, 7) is 2.33. The van der Waals surface area contributed by atoms with E-state index in [4.69, 9.17) is 9.47 Å². The molecule has 3 nitrogen and oxygen atoms in total. The predicted molar refractivity (Wildman–Crippen MR) is 82.2 cm³/mol. The van der Waals surface area contributed by atoms with Crippen LogP contribution in [0.3, 0.4) is 0 Å². The molecule has 1 aromatic rings.